The van der Waals surface area contributed by atoms with Gasteiger partial charge in [-0.1, -0.05) is 0 Å². The van der Waals surface area contributed by atoms with Crippen molar-refractivity contribution in [3.8, 4) is 11.5 Å². The molecule has 9 nitrogen and oxygen atoms in total. The Hall–Kier alpha value is -3.46. The fourth-order valence-electron chi connectivity index (χ4n) is 3.51. The first kappa shape index (κ1) is 18.9. The maximum absolute atomic E-state index is 12.5. The van der Waals surface area contributed by atoms with Crippen LogP contribution in [-0.2, 0) is 11.3 Å². The number of hydrogen-bond acceptors (Lipinski definition) is 6. The maximum Gasteiger partial charge on any atom is 0.280 e. The molecular formula is C20H21N4O5+. The van der Waals surface area contributed by atoms with E-state index in [4.69, 9.17) is 9.47 Å². The van der Waals surface area contributed by atoms with Crippen LogP contribution in [0.3, 0.4) is 0 Å². The monoisotopic (exact) mass is 397 g/mol. The number of fused-ring (bicyclic) bond motifs is 1. The molecule has 2 aliphatic heterocycles. The number of nitrogens with one attached hydrogen (secondary N) is 1. The van der Waals surface area contributed by atoms with Crippen LogP contribution in [0.4, 0.5) is 5.69 Å². The number of quaternary nitrogens is 1. The summed E-state index contributed by atoms with van der Waals surface area (Å²) in [7, 11) is 0. The normalized spacial score (nSPS) is 16.3. The van der Waals surface area contributed by atoms with E-state index in [2.05, 4.69) is 4.98 Å². The number of pyridine rings is 1. The van der Waals surface area contributed by atoms with E-state index < -0.39 is 4.92 Å². The highest BCUT2D eigenvalue weighted by Gasteiger charge is 2.24. The Kier molecular flexibility index (Phi) is 5.39. The summed E-state index contributed by atoms with van der Waals surface area (Å²) in [5.41, 5.74) is 1.42. The van der Waals surface area contributed by atoms with Gasteiger partial charge in [0.25, 0.3) is 5.69 Å². The van der Waals surface area contributed by atoms with Gasteiger partial charge in [0.15, 0.2) is 11.5 Å². The van der Waals surface area contributed by atoms with Crippen LogP contribution >= 0.6 is 0 Å². The Bertz CT molecular complexity index is 939. The molecule has 1 aromatic carbocycles. The van der Waals surface area contributed by atoms with Crippen LogP contribution in [0.25, 0.3) is 6.08 Å². The molecule has 4 rings (SSSR count). The highest BCUT2D eigenvalue weighted by atomic mass is 16.7. The Labute approximate surface area is 167 Å². The molecule has 0 unspecified atom stereocenters. The third-order valence-electron chi connectivity index (χ3n) is 5.11. The Balaban J connectivity index is 1.38. The number of piperazine rings is 1. The van der Waals surface area contributed by atoms with E-state index >= 15 is 0 Å². The average Bonchev–Trinajstić information content (AvgIpc) is 3.20. The Morgan fingerprint density at radius 3 is 2.59 bits per heavy atom. The second-order valence-electron chi connectivity index (χ2n) is 6.96. The minimum absolute atomic E-state index is 0.0324. The molecule has 0 atom stereocenters. The van der Waals surface area contributed by atoms with E-state index in [9.17, 15) is 14.9 Å². The van der Waals surface area contributed by atoms with Crippen molar-refractivity contribution >= 4 is 17.7 Å². The summed E-state index contributed by atoms with van der Waals surface area (Å²) in [5, 5.41) is 11.3. The molecule has 150 valence electrons. The smallest absolute Gasteiger partial charge is 0.280 e. The van der Waals surface area contributed by atoms with Crippen LogP contribution in [0.1, 0.15) is 11.1 Å². The number of nitrogens with zero attached hydrogens (tertiary/aromatic N) is 3. The number of ether oxygens (including phenoxy) is 2. The van der Waals surface area contributed by atoms with Crippen LogP contribution < -0.4 is 14.4 Å². The van der Waals surface area contributed by atoms with Crippen molar-refractivity contribution in [3.05, 3.63) is 64.0 Å². The fraction of sp³-hybridized carbons (Fsp3) is 0.300. The molecule has 0 radical (unpaired) electrons. The van der Waals surface area contributed by atoms with Gasteiger partial charge in [-0.3, -0.25) is 19.9 Å². The third kappa shape index (κ3) is 4.35. The molecule has 1 amide bonds. The van der Waals surface area contributed by atoms with E-state index in [1.165, 1.54) is 34.7 Å². The van der Waals surface area contributed by atoms with E-state index in [1.807, 2.05) is 12.1 Å². The van der Waals surface area contributed by atoms with Gasteiger partial charge in [-0.15, -0.1) is 0 Å². The summed E-state index contributed by atoms with van der Waals surface area (Å²) in [6.45, 7) is 3.94. The van der Waals surface area contributed by atoms with Gasteiger partial charge in [0.05, 0.1) is 42.7 Å². The van der Waals surface area contributed by atoms with Crippen LogP contribution in [0.5, 0.6) is 11.5 Å². The molecule has 2 aromatic rings. The van der Waals surface area contributed by atoms with E-state index in [0.29, 0.717) is 30.2 Å². The number of amides is 1. The quantitative estimate of drug-likeness (QED) is 0.452. The second kappa shape index (κ2) is 8.27. The van der Waals surface area contributed by atoms with Gasteiger partial charge in [0.2, 0.25) is 12.7 Å². The molecule has 0 bridgehead atoms. The molecule has 1 saturated heterocycles. The largest absolute Gasteiger partial charge is 0.454 e. The third-order valence-corrected chi connectivity index (χ3v) is 5.11. The minimum atomic E-state index is -0.493. The number of aromatic nitrogens is 1. The molecule has 1 aromatic heterocycles. The lowest BCUT2D eigenvalue weighted by molar-refractivity contribution is -0.917. The van der Waals surface area contributed by atoms with Crippen molar-refractivity contribution in [2.75, 3.05) is 33.0 Å². The first-order chi connectivity index (χ1) is 14.1. The average molecular weight is 397 g/mol. The summed E-state index contributed by atoms with van der Waals surface area (Å²) >= 11 is 0. The topological polar surface area (TPSA) is 99.2 Å². The lowest BCUT2D eigenvalue weighted by atomic mass is 10.1. The molecule has 3 heterocycles. The summed E-state index contributed by atoms with van der Waals surface area (Å²) in [6, 6.07) is 6.87. The lowest BCUT2D eigenvalue weighted by Crippen LogP contribution is -3.13. The molecule has 0 spiro atoms. The SMILES string of the molecule is O=C(/C=C/c1cc2c(cc1[N+](=O)[O-])OCO2)N1CC[NH+](Cc2ccncc2)CC1. The lowest BCUT2D eigenvalue weighted by Gasteiger charge is -2.31. The van der Waals surface area contributed by atoms with Gasteiger partial charge in [0, 0.05) is 24.0 Å². The molecular weight excluding hydrogens is 376 g/mol. The zero-order valence-electron chi connectivity index (χ0n) is 15.7. The summed E-state index contributed by atoms with van der Waals surface area (Å²) < 4.78 is 10.5. The van der Waals surface area contributed by atoms with Crippen molar-refractivity contribution in [1.82, 2.24) is 9.88 Å². The Morgan fingerprint density at radius 1 is 1.21 bits per heavy atom. The predicted octanol–water partition coefficient (Wildman–Crippen LogP) is 0.659. The molecule has 1 fully saturated rings. The van der Waals surface area contributed by atoms with Crippen LogP contribution in [0.15, 0.2) is 42.7 Å². The fourth-order valence-corrected chi connectivity index (χ4v) is 3.51. The van der Waals surface area contributed by atoms with Gasteiger partial charge >= 0.3 is 0 Å². The molecule has 0 aliphatic carbocycles. The number of nitro groups is 1. The molecule has 1 N–H and O–H groups in total. The number of carbonyl (C=O) groups excluding carboxylic acids is 1. The predicted molar refractivity (Wildman–Crippen MR) is 103 cm³/mol. The van der Waals surface area contributed by atoms with Gasteiger partial charge < -0.3 is 19.3 Å². The maximum atomic E-state index is 12.5. The van der Waals surface area contributed by atoms with Crippen LogP contribution in [-0.4, -0.2) is 53.7 Å². The van der Waals surface area contributed by atoms with E-state index in [1.54, 1.807) is 17.3 Å². The molecule has 9 heteroatoms. The second-order valence-corrected chi connectivity index (χ2v) is 6.96. The van der Waals surface area contributed by atoms with Crippen molar-refractivity contribution in [1.29, 1.82) is 0 Å². The first-order valence-electron chi connectivity index (χ1n) is 9.37. The standard InChI is InChI=1S/C20H20N4O5/c25-20(23-9-7-22(8-10-23)13-15-3-5-21-6-4-15)2-1-16-11-18-19(29-14-28-18)12-17(16)24(26)27/h1-6,11-12H,7-10,13-14H2/p+1/b2-1+. The number of carbonyl (C=O) groups is 1. The Morgan fingerprint density at radius 2 is 1.90 bits per heavy atom. The van der Waals surface area contributed by atoms with Crippen molar-refractivity contribution in [3.63, 3.8) is 0 Å². The summed E-state index contributed by atoms with van der Waals surface area (Å²) in [4.78, 5) is 30.6. The summed E-state index contributed by atoms with van der Waals surface area (Å²) in [5.74, 6) is 0.629. The highest BCUT2D eigenvalue weighted by Crippen LogP contribution is 2.38. The number of nitro benzene ring substituents is 1. The van der Waals surface area contributed by atoms with Gasteiger partial charge in [-0.05, 0) is 24.3 Å². The van der Waals surface area contributed by atoms with Crippen molar-refractivity contribution in [2.24, 2.45) is 0 Å². The zero-order chi connectivity index (χ0) is 20.2. The van der Waals surface area contributed by atoms with E-state index in [0.717, 1.165) is 19.6 Å². The minimum Gasteiger partial charge on any atom is -0.454 e. The number of rotatable bonds is 5. The van der Waals surface area contributed by atoms with Crippen molar-refractivity contribution in [2.45, 2.75) is 6.54 Å². The van der Waals surface area contributed by atoms with Crippen LogP contribution in [0.2, 0.25) is 0 Å². The number of benzene rings is 1. The number of hydrogen-bond donors (Lipinski definition) is 1. The van der Waals surface area contributed by atoms with Gasteiger partial charge in [0.1, 0.15) is 6.54 Å². The van der Waals surface area contributed by atoms with Crippen molar-refractivity contribution < 1.29 is 24.1 Å². The first-order valence-corrected chi connectivity index (χ1v) is 9.37. The highest BCUT2D eigenvalue weighted by molar-refractivity contribution is 5.92. The molecule has 29 heavy (non-hydrogen) atoms. The molecule has 2 aliphatic rings. The summed E-state index contributed by atoms with van der Waals surface area (Å²) in [6.07, 6.45) is 6.43. The molecule has 0 saturated carbocycles. The zero-order valence-corrected chi connectivity index (χ0v) is 15.7. The van der Waals surface area contributed by atoms with E-state index in [-0.39, 0.29) is 18.4 Å². The van der Waals surface area contributed by atoms with Gasteiger partial charge in [-0.25, -0.2) is 0 Å². The van der Waals surface area contributed by atoms with Gasteiger partial charge in [-0.2, -0.15) is 0 Å². The van der Waals surface area contributed by atoms with Crippen LogP contribution in [0, 0.1) is 10.1 Å².